The highest BCUT2D eigenvalue weighted by Gasteiger charge is 2.11. The molecule has 0 bridgehead atoms. The van der Waals surface area contributed by atoms with Crippen molar-refractivity contribution in [1.82, 2.24) is 0 Å². The molecule has 20 heavy (non-hydrogen) atoms. The molecule has 0 aromatic heterocycles. The molecule has 1 aromatic carbocycles. The van der Waals surface area contributed by atoms with E-state index in [-0.39, 0.29) is 6.61 Å². The predicted octanol–water partition coefficient (Wildman–Crippen LogP) is 4.53. The number of benzene rings is 1. The second-order valence-electron chi connectivity index (χ2n) is 5.46. The number of hydrogen-bond donors (Lipinski definition) is 1. The molecule has 2 nitrogen and oxygen atoms in total. The zero-order valence-corrected chi connectivity index (χ0v) is 12.9. The monoisotopic (exact) mass is 278 g/mol. The van der Waals surface area contributed by atoms with Crippen molar-refractivity contribution in [1.29, 1.82) is 0 Å². The zero-order valence-electron chi connectivity index (χ0n) is 12.9. The summed E-state index contributed by atoms with van der Waals surface area (Å²) < 4.78 is 5.54. The van der Waals surface area contributed by atoms with E-state index in [0.717, 1.165) is 6.61 Å². The molecule has 0 fully saturated rings. The summed E-state index contributed by atoms with van der Waals surface area (Å²) in [5.41, 5.74) is 1.36. The highest BCUT2D eigenvalue weighted by molar-refractivity contribution is 5.19. The molecular formula is C18H30O2. The smallest absolute Gasteiger partial charge is 0.0697 e. The molecular weight excluding hydrogens is 248 g/mol. The summed E-state index contributed by atoms with van der Waals surface area (Å²) in [5.74, 6) is 0.467. The molecule has 114 valence electrons. The van der Waals surface area contributed by atoms with Gasteiger partial charge in [0.1, 0.15) is 0 Å². The van der Waals surface area contributed by atoms with Gasteiger partial charge in [-0.25, -0.2) is 0 Å². The lowest BCUT2D eigenvalue weighted by molar-refractivity contribution is 0.0804. The third-order valence-corrected chi connectivity index (χ3v) is 3.73. The van der Waals surface area contributed by atoms with Crippen LogP contribution in [-0.4, -0.2) is 24.9 Å². The van der Waals surface area contributed by atoms with Crippen molar-refractivity contribution in [3.8, 4) is 0 Å². The van der Waals surface area contributed by atoms with Crippen molar-refractivity contribution in [2.24, 2.45) is 0 Å². The van der Waals surface area contributed by atoms with Crippen LogP contribution in [0.3, 0.4) is 0 Å². The molecule has 0 heterocycles. The number of rotatable bonds is 12. The lowest BCUT2D eigenvalue weighted by Crippen LogP contribution is -2.10. The zero-order chi connectivity index (χ0) is 14.5. The van der Waals surface area contributed by atoms with Crippen LogP contribution < -0.4 is 0 Å². The maximum atomic E-state index is 8.82. The number of aliphatic hydroxyl groups is 1. The second-order valence-corrected chi connectivity index (χ2v) is 5.46. The normalized spacial score (nSPS) is 12.5. The lowest BCUT2D eigenvalue weighted by Gasteiger charge is -2.17. The molecule has 0 saturated heterocycles. The molecule has 1 unspecified atom stereocenters. The van der Waals surface area contributed by atoms with E-state index in [0.29, 0.717) is 12.5 Å². The molecule has 1 aromatic rings. The van der Waals surface area contributed by atoms with Crippen molar-refractivity contribution < 1.29 is 9.84 Å². The first-order chi connectivity index (χ1) is 9.88. The molecule has 2 heteroatoms. The molecule has 0 saturated carbocycles. The van der Waals surface area contributed by atoms with E-state index in [2.05, 4.69) is 37.3 Å². The van der Waals surface area contributed by atoms with Crippen LogP contribution in [-0.2, 0) is 4.74 Å². The van der Waals surface area contributed by atoms with Crippen molar-refractivity contribution in [3.05, 3.63) is 35.9 Å². The maximum absolute atomic E-state index is 8.82. The third-order valence-electron chi connectivity index (χ3n) is 3.73. The Hall–Kier alpha value is -0.860. The van der Waals surface area contributed by atoms with Crippen LogP contribution in [0.15, 0.2) is 30.3 Å². The van der Waals surface area contributed by atoms with Crippen LogP contribution >= 0.6 is 0 Å². The van der Waals surface area contributed by atoms with E-state index in [1.165, 1.54) is 50.5 Å². The first-order valence-electron chi connectivity index (χ1n) is 8.12. The Morgan fingerprint density at radius 2 is 1.70 bits per heavy atom. The minimum Gasteiger partial charge on any atom is -0.394 e. The quantitative estimate of drug-likeness (QED) is 0.569. The topological polar surface area (TPSA) is 29.5 Å². The van der Waals surface area contributed by atoms with E-state index in [4.69, 9.17) is 9.84 Å². The molecule has 1 atom stereocenters. The predicted molar refractivity (Wildman–Crippen MR) is 85.1 cm³/mol. The van der Waals surface area contributed by atoms with E-state index in [1.807, 2.05) is 0 Å². The Morgan fingerprint density at radius 3 is 2.40 bits per heavy atom. The summed E-state index contributed by atoms with van der Waals surface area (Å²) in [6.45, 7) is 3.53. The van der Waals surface area contributed by atoms with Crippen LogP contribution in [0.1, 0.15) is 63.4 Å². The minimum atomic E-state index is 0.110. The summed E-state index contributed by atoms with van der Waals surface area (Å²) in [5, 5.41) is 8.82. The van der Waals surface area contributed by atoms with Crippen LogP contribution in [0.2, 0.25) is 0 Å². The van der Waals surface area contributed by atoms with Crippen molar-refractivity contribution >= 4 is 0 Å². The van der Waals surface area contributed by atoms with Gasteiger partial charge in [0.05, 0.1) is 19.8 Å². The Labute approximate surface area is 124 Å². The summed E-state index contributed by atoms with van der Waals surface area (Å²) >= 11 is 0. The largest absolute Gasteiger partial charge is 0.394 e. The van der Waals surface area contributed by atoms with Gasteiger partial charge >= 0.3 is 0 Å². The maximum Gasteiger partial charge on any atom is 0.0697 e. The lowest BCUT2D eigenvalue weighted by atomic mass is 9.93. The van der Waals surface area contributed by atoms with E-state index in [1.54, 1.807) is 0 Å². The van der Waals surface area contributed by atoms with Gasteiger partial charge in [-0.3, -0.25) is 0 Å². The fourth-order valence-electron chi connectivity index (χ4n) is 2.53. The van der Waals surface area contributed by atoms with Gasteiger partial charge in [0.15, 0.2) is 0 Å². The molecule has 0 aliphatic heterocycles. The van der Waals surface area contributed by atoms with Gasteiger partial charge in [0, 0.05) is 5.92 Å². The van der Waals surface area contributed by atoms with Gasteiger partial charge in [-0.05, 0) is 12.0 Å². The number of unbranched alkanes of at least 4 members (excludes halogenated alkanes) is 5. The van der Waals surface area contributed by atoms with E-state index < -0.39 is 0 Å². The van der Waals surface area contributed by atoms with Crippen LogP contribution in [0.25, 0.3) is 0 Å². The number of aliphatic hydroxyl groups excluding tert-OH is 1. The molecule has 0 radical (unpaired) electrons. The van der Waals surface area contributed by atoms with Gasteiger partial charge in [-0.15, -0.1) is 0 Å². The van der Waals surface area contributed by atoms with Crippen molar-refractivity contribution in [2.75, 3.05) is 19.8 Å². The summed E-state index contributed by atoms with van der Waals surface area (Å²) in [6.07, 6.45) is 9.17. The average molecular weight is 278 g/mol. The molecule has 1 rings (SSSR count). The van der Waals surface area contributed by atoms with Crippen molar-refractivity contribution in [2.45, 2.75) is 57.8 Å². The number of hydrogen-bond acceptors (Lipinski definition) is 2. The van der Waals surface area contributed by atoms with Gasteiger partial charge in [-0.1, -0.05) is 75.8 Å². The summed E-state index contributed by atoms with van der Waals surface area (Å²) in [4.78, 5) is 0. The number of ether oxygens (including phenoxy) is 1. The summed E-state index contributed by atoms with van der Waals surface area (Å²) in [7, 11) is 0. The van der Waals surface area contributed by atoms with Crippen LogP contribution in [0, 0.1) is 0 Å². The van der Waals surface area contributed by atoms with Crippen LogP contribution in [0.5, 0.6) is 0 Å². The van der Waals surface area contributed by atoms with Gasteiger partial charge in [0.25, 0.3) is 0 Å². The average Bonchev–Trinajstić information content (AvgIpc) is 2.50. The highest BCUT2D eigenvalue weighted by Crippen LogP contribution is 2.23. The van der Waals surface area contributed by atoms with E-state index >= 15 is 0 Å². The molecule has 0 spiro atoms. The Kier molecular flexibility index (Phi) is 10.3. The highest BCUT2D eigenvalue weighted by atomic mass is 16.5. The molecule has 1 N–H and O–H groups in total. The fourth-order valence-corrected chi connectivity index (χ4v) is 2.53. The third kappa shape index (κ3) is 7.66. The van der Waals surface area contributed by atoms with Crippen LogP contribution in [0.4, 0.5) is 0 Å². The van der Waals surface area contributed by atoms with Crippen molar-refractivity contribution in [3.63, 3.8) is 0 Å². The minimum absolute atomic E-state index is 0.110. The molecule has 0 amide bonds. The van der Waals surface area contributed by atoms with Gasteiger partial charge in [0.2, 0.25) is 0 Å². The SMILES string of the molecule is CCCCCCCCC(COCCO)c1ccccc1. The Morgan fingerprint density at radius 1 is 1.00 bits per heavy atom. The Bertz CT molecular complexity index is 310. The Balaban J connectivity index is 2.31. The van der Waals surface area contributed by atoms with Gasteiger partial charge in [-0.2, -0.15) is 0 Å². The first-order valence-corrected chi connectivity index (χ1v) is 8.12. The molecule has 0 aliphatic rings. The van der Waals surface area contributed by atoms with Gasteiger partial charge < -0.3 is 9.84 Å². The fraction of sp³-hybridized carbons (Fsp3) is 0.667. The second kappa shape index (κ2) is 11.9. The summed E-state index contributed by atoms with van der Waals surface area (Å²) in [6, 6.07) is 10.6. The first kappa shape index (κ1) is 17.2. The van der Waals surface area contributed by atoms with E-state index in [9.17, 15) is 0 Å². The standard InChI is InChI=1S/C18H30O2/c1-2-3-4-5-6-8-13-18(16-20-15-14-19)17-11-9-7-10-12-17/h7,9-12,18-19H,2-6,8,13-16H2,1H3. The molecule has 0 aliphatic carbocycles.